The van der Waals surface area contributed by atoms with Gasteiger partial charge >= 0.3 is 0 Å². The fourth-order valence-electron chi connectivity index (χ4n) is 3.12. The number of nitrogens with one attached hydrogen (secondary N) is 2. The fraction of sp³-hybridized carbons (Fsp3) is 0.632. The summed E-state index contributed by atoms with van der Waals surface area (Å²) in [4.78, 5) is 7.41. The largest absolute Gasteiger partial charge is 0.357 e. The second kappa shape index (κ2) is 10.3. The van der Waals surface area contributed by atoms with Crippen LogP contribution in [-0.4, -0.2) is 49.6 Å². The first-order valence-electron chi connectivity index (χ1n) is 9.13. The summed E-state index contributed by atoms with van der Waals surface area (Å²) in [6.45, 7) is 9.57. The molecule has 0 saturated carbocycles. The predicted molar refractivity (Wildman–Crippen MR) is 99.0 cm³/mol. The van der Waals surface area contributed by atoms with Crippen LogP contribution in [0.2, 0.25) is 0 Å². The van der Waals surface area contributed by atoms with Crippen molar-refractivity contribution in [1.29, 1.82) is 0 Å². The molecule has 1 aromatic carbocycles. The SMILES string of the molecule is CCNC(=NCC(CC)N1CCCC1)NCCc1ccccc1. The number of hydrogen-bond donors (Lipinski definition) is 2. The molecule has 0 radical (unpaired) electrons. The van der Waals surface area contributed by atoms with Gasteiger partial charge in [-0.1, -0.05) is 37.3 Å². The standard InChI is InChI=1S/C19H32N4/c1-3-18(23-14-8-9-15-23)16-22-19(20-4-2)21-13-12-17-10-6-5-7-11-17/h5-7,10-11,18H,3-4,8-9,12-16H2,1-2H3,(H2,20,21,22). The average Bonchev–Trinajstić information content (AvgIpc) is 3.11. The molecular formula is C19H32N4. The third-order valence-corrected chi connectivity index (χ3v) is 4.48. The van der Waals surface area contributed by atoms with Gasteiger partial charge in [-0.25, -0.2) is 0 Å². The summed E-state index contributed by atoms with van der Waals surface area (Å²) in [5.74, 6) is 0.945. The number of guanidine groups is 1. The molecule has 4 nitrogen and oxygen atoms in total. The third kappa shape index (κ3) is 6.22. The van der Waals surface area contributed by atoms with Gasteiger partial charge in [0, 0.05) is 19.1 Å². The number of nitrogens with zero attached hydrogens (tertiary/aromatic N) is 2. The highest BCUT2D eigenvalue weighted by atomic mass is 15.2. The Morgan fingerprint density at radius 1 is 1.13 bits per heavy atom. The van der Waals surface area contributed by atoms with Gasteiger partial charge in [-0.05, 0) is 51.3 Å². The highest BCUT2D eigenvalue weighted by molar-refractivity contribution is 5.79. The van der Waals surface area contributed by atoms with Gasteiger partial charge in [-0.15, -0.1) is 0 Å². The van der Waals surface area contributed by atoms with Crippen molar-refractivity contribution in [3.8, 4) is 0 Å². The zero-order valence-corrected chi connectivity index (χ0v) is 14.7. The van der Waals surface area contributed by atoms with Crippen molar-refractivity contribution in [2.75, 3.05) is 32.7 Å². The number of likely N-dealkylation sites (tertiary alicyclic amines) is 1. The molecule has 4 heteroatoms. The van der Waals surface area contributed by atoms with Crippen molar-refractivity contribution in [1.82, 2.24) is 15.5 Å². The molecule has 23 heavy (non-hydrogen) atoms. The zero-order valence-electron chi connectivity index (χ0n) is 14.7. The number of rotatable bonds is 8. The Morgan fingerprint density at radius 3 is 2.52 bits per heavy atom. The predicted octanol–water partition coefficient (Wildman–Crippen LogP) is 2.66. The van der Waals surface area contributed by atoms with Gasteiger partial charge in [0.25, 0.3) is 0 Å². The molecule has 0 bridgehead atoms. The van der Waals surface area contributed by atoms with E-state index in [1.54, 1.807) is 0 Å². The van der Waals surface area contributed by atoms with Crippen LogP contribution in [0.4, 0.5) is 0 Å². The van der Waals surface area contributed by atoms with Crippen LogP contribution in [0, 0.1) is 0 Å². The molecule has 1 saturated heterocycles. The van der Waals surface area contributed by atoms with E-state index in [0.717, 1.165) is 32.0 Å². The van der Waals surface area contributed by atoms with E-state index >= 15 is 0 Å². The summed E-state index contributed by atoms with van der Waals surface area (Å²) in [6, 6.07) is 11.2. The smallest absolute Gasteiger partial charge is 0.191 e. The van der Waals surface area contributed by atoms with Gasteiger partial charge < -0.3 is 10.6 Å². The van der Waals surface area contributed by atoms with E-state index in [0.29, 0.717) is 6.04 Å². The molecule has 2 rings (SSSR count). The first-order chi connectivity index (χ1) is 11.3. The molecule has 0 aromatic heterocycles. The normalized spacial score (nSPS) is 17.2. The molecule has 128 valence electrons. The maximum absolute atomic E-state index is 4.81. The maximum atomic E-state index is 4.81. The van der Waals surface area contributed by atoms with Gasteiger partial charge in [0.05, 0.1) is 6.54 Å². The lowest BCUT2D eigenvalue weighted by molar-refractivity contribution is 0.242. The number of aliphatic imine (C=N–C) groups is 1. The summed E-state index contributed by atoms with van der Waals surface area (Å²) in [7, 11) is 0. The maximum Gasteiger partial charge on any atom is 0.191 e. The van der Waals surface area contributed by atoms with Crippen LogP contribution in [-0.2, 0) is 6.42 Å². The summed E-state index contributed by atoms with van der Waals surface area (Å²) < 4.78 is 0. The van der Waals surface area contributed by atoms with Crippen molar-refractivity contribution in [2.45, 2.75) is 45.6 Å². The molecule has 1 atom stereocenters. The molecule has 1 heterocycles. The van der Waals surface area contributed by atoms with Crippen LogP contribution in [0.25, 0.3) is 0 Å². The average molecular weight is 316 g/mol. The topological polar surface area (TPSA) is 39.7 Å². The van der Waals surface area contributed by atoms with Crippen LogP contribution in [0.15, 0.2) is 35.3 Å². The van der Waals surface area contributed by atoms with Gasteiger partial charge in [-0.3, -0.25) is 9.89 Å². The Hall–Kier alpha value is -1.55. The van der Waals surface area contributed by atoms with Crippen LogP contribution in [0.1, 0.15) is 38.7 Å². The van der Waals surface area contributed by atoms with E-state index in [1.807, 2.05) is 0 Å². The molecule has 1 aromatic rings. The van der Waals surface area contributed by atoms with Crippen LogP contribution < -0.4 is 10.6 Å². The molecule has 1 aliphatic heterocycles. The van der Waals surface area contributed by atoms with E-state index in [1.165, 1.54) is 37.9 Å². The zero-order chi connectivity index (χ0) is 16.3. The van der Waals surface area contributed by atoms with E-state index < -0.39 is 0 Å². The van der Waals surface area contributed by atoms with Crippen LogP contribution >= 0.6 is 0 Å². The first kappa shape index (κ1) is 17.8. The molecule has 1 unspecified atom stereocenters. The second-order valence-corrected chi connectivity index (χ2v) is 6.19. The summed E-state index contributed by atoms with van der Waals surface area (Å²) in [5.41, 5.74) is 1.36. The summed E-state index contributed by atoms with van der Waals surface area (Å²) >= 11 is 0. The lowest BCUT2D eigenvalue weighted by atomic mass is 10.1. The van der Waals surface area contributed by atoms with Crippen molar-refractivity contribution in [3.05, 3.63) is 35.9 Å². The van der Waals surface area contributed by atoms with Crippen molar-refractivity contribution in [3.63, 3.8) is 0 Å². The highest BCUT2D eigenvalue weighted by Gasteiger charge is 2.19. The van der Waals surface area contributed by atoms with Crippen molar-refractivity contribution in [2.24, 2.45) is 4.99 Å². The second-order valence-electron chi connectivity index (χ2n) is 6.19. The minimum atomic E-state index is 0.585. The van der Waals surface area contributed by atoms with Gasteiger partial charge in [0.1, 0.15) is 0 Å². The Bertz CT molecular complexity index is 452. The van der Waals surface area contributed by atoms with Crippen LogP contribution in [0.5, 0.6) is 0 Å². The minimum Gasteiger partial charge on any atom is -0.357 e. The van der Waals surface area contributed by atoms with Gasteiger partial charge in [0.15, 0.2) is 5.96 Å². The molecule has 1 fully saturated rings. The Morgan fingerprint density at radius 2 is 1.87 bits per heavy atom. The number of benzene rings is 1. The van der Waals surface area contributed by atoms with Crippen LogP contribution in [0.3, 0.4) is 0 Å². The van der Waals surface area contributed by atoms with Crippen molar-refractivity contribution < 1.29 is 0 Å². The lowest BCUT2D eigenvalue weighted by Gasteiger charge is -2.25. The van der Waals surface area contributed by atoms with Gasteiger partial charge in [-0.2, -0.15) is 0 Å². The Labute approximate surface area is 141 Å². The minimum absolute atomic E-state index is 0.585. The molecule has 0 amide bonds. The van der Waals surface area contributed by atoms with E-state index in [9.17, 15) is 0 Å². The highest BCUT2D eigenvalue weighted by Crippen LogP contribution is 2.14. The number of hydrogen-bond acceptors (Lipinski definition) is 2. The summed E-state index contributed by atoms with van der Waals surface area (Å²) in [6.07, 6.45) is 4.88. The van der Waals surface area contributed by atoms with E-state index in [-0.39, 0.29) is 0 Å². The monoisotopic (exact) mass is 316 g/mol. The Balaban J connectivity index is 1.81. The first-order valence-corrected chi connectivity index (χ1v) is 9.13. The molecule has 2 N–H and O–H groups in total. The fourth-order valence-corrected chi connectivity index (χ4v) is 3.12. The molecule has 1 aliphatic rings. The summed E-state index contributed by atoms with van der Waals surface area (Å²) in [5, 5.41) is 6.82. The Kier molecular flexibility index (Phi) is 7.95. The quantitative estimate of drug-likeness (QED) is 0.572. The molecule has 0 spiro atoms. The van der Waals surface area contributed by atoms with E-state index in [4.69, 9.17) is 4.99 Å². The molecular weight excluding hydrogens is 284 g/mol. The van der Waals surface area contributed by atoms with Gasteiger partial charge in [0.2, 0.25) is 0 Å². The molecule has 0 aliphatic carbocycles. The van der Waals surface area contributed by atoms with E-state index in [2.05, 4.69) is 59.7 Å². The van der Waals surface area contributed by atoms with Crippen molar-refractivity contribution >= 4 is 5.96 Å². The third-order valence-electron chi connectivity index (χ3n) is 4.48. The lowest BCUT2D eigenvalue weighted by Crippen LogP contribution is -2.40.